The van der Waals surface area contributed by atoms with Gasteiger partial charge < -0.3 is 15.0 Å². The second-order valence-electron chi connectivity index (χ2n) is 6.14. The highest BCUT2D eigenvalue weighted by molar-refractivity contribution is 5.85. The fraction of sp³-hybridized carbons (Fsp3) is 0.667. The Balaban J connectivity index is 0.00000242. The number of likely N-dealkylation sites (N-methyl/N-ethyl adjacent to an activating group) is 1. The van der Waals surface area contributed by atoms with Crippen molar-refractivity contribution in [3.63, 3.8) is 0 Å². The van der Waals surface area contributed by atoms with Gasteiger partial charge in [-0.05, 0) is 70.4 Å². The number of hydrogen-bond donors (Lipinski definition) is 1. The third kappa shape index (κ3) is 8.80. The quantitative estimate of drug-likeness (QED) is 0.708. The summed E-state index contributed by atoms with van der Waals surface area (Å²) in [5.41, 5.74) is 1.36. The topological polar surface area (TPSA) is 24.5 Å². The third-order valence-corrected chi connectivity index (χ3v) is 4.29. The SMILES string of the molecule is CNC(C)Cc1ccc(OCCCN2CCCCC2)cc1.Cl.Cl. The Bertz CT molecular complexity index is 395. The van der Waals surface area contributed by atoms with Crippen molar-refractivity contribution in [1.29, 1.82) is 0 Å². The van der Waals surface area contributed by atoms with E-state index >= 15 is 0 Å². The van der Waals surface area contributed by atoms with Crippen LogP contribution >= 0.6 is 24.8 Å². The molecule has 1 unspecified atom stereocenters. The molecule has 0 spiro atoms. The van der Waals surface area contributed by atoms with Crippen molar-refractivity contribution < 1.29 is 4.74 Å². The van der Waals surface area contributed by atoms with E-state index in [9.17, 15) is 0 Å². The predicted molar refractivity (Wildman–Crippen MR) is 104 cm³/mol. The van der Waals surface area contributed by atoms with Crippen molar-refractivity contribution >= 4 is 24.8 Å². The second kappa shape index (κ2) is 12.9. The van der Waals surface area contributed by atoms with E-state index in [-0.39, 0.29) is 24.8 Å². The minimum Gasteiger partial charge on any atom is -0.494 e. The van der Waals surface area contributed by atoms with E-state index in [1.54, 1.807) is 0 Å². The number of nitrogens with one attached hydrogen (secondary N) is 1. The average Bonchev–Trinajstić information content (AvgIpc) is 2.54. The maximum atomic E-state index is 5.84. The van der Waals surface area contributed by atoms with Crippen LogP contribution in [-0.2, 0) is 6.42 Å². The molecule has 0 radical (unpaired) electrons. The number of benzene rings is 1. The lowest BCUT2D eigenvalue weighted by Gasteiger charge is -2.26. The predicted octanol–water partition coefficient (Wildman–Crippen LogP) is 3.94. The van der Waals surface area contributed by atoms with Crippen molar-refractivity contribution in [1.82, 2.24) is 10.2 Å². The number of halogens is 2. The lowest BCUT2D eigenvalue weighted by Crippen LogP contribution is -2.31. The number of piperidine rings is 1. The van der Waals surface area contributed by atoms with E-state index in [0.717, 1.165) is 25.2 Å². The first-order valence-electron chi connectivity index (χ1n) is 8.39. The van der Waals surface area contributed by atoms with Gasteiger partial charge in [0.15, 0.2) is 0 Å². The van der Waals surface area contributed by atoms with E-state index in [0.29, 0.717) is 6.04 Å². The van der Waals surface area contributed by atoms with E-state index in [1.165, 1.54) is 44.5 Å². The molecule has 134 valence electrons. The van der Waals surface area contributed by atoms with Crippen LogP contribution in [0, 0.1) is 0 Å². The van der Waals surface area contributed by atoms with Crippen LogP contribution in [0.15, 0.2) is 24.3 Å². The van der Waals surface area contributed by atoms with Crippen LogP contribution in [0.5, 0.6) is 5.75 Å². The third-order valence-electron chi connectivity index (χ3n) is 4.29. The summed E-state index contributed by atoms with van der Waals surface area (Å²) in [6.07, 6.45) is 6.33. The molecule has 1 atom stereocenters. The number of hydrogen-bond acceptors (Lipinski definition) is 3. The molecular formula is C18H32Cl2N2O. The number of likely N-dealkylation sites (tertiary alicyclic amines) is 1. The summed E-state index contributed by atoms with van der Waals surface area (Å²) in [5.74, 6) is 0.995. The molecule has 1 aliphatic heterocycles. The molecule has 5 heteroatoms. The first kappa shape index (κ1) is 22.5. The monoisotopic (exact) mass is 362 g/mol. The molecule has 0 saturated carbocycles. The van der Waals surface area contributed by atoms with Gasteiger partial charge in [0, 0.05) is 12.6 Å². The summed E-state index contributed by atoms with van der Waals surface area (Å²) < 4.78 is 5.84. The molecule has 1 saturated heterocycles. The van der Waals surface area contributed by atoms with Crippen molar-refractivity contribution in [2.45, 2.75) is 45.1 Å². The van der Waals surface area contributed by atoms with Gasteiger partial charge in [0.2, 0.25) is 0 Å². The summed E-state index contributed by atoms with van der Waals surface area (Å²) in [6, 6.07) is 9.06. The highest BCUT2D eigenvalue weighted by Crippen LogP contribution is 2.14. The molecule has 1 aromatic rings. The highest BCUT2D eigenvalue weighted by Gasteiger charge is 2.09. The fourth-order valence-electron chi connectivity index (χ4n) is 2.84. The Morgan fingerprint density at radius 3 is 2.35 bits per heavy atom. The number of ether oxygens (including phenoxy) is 1. The smallest absolute Gasteiger partial charge is 0.119 e. The Morgan fingerprint density at radius 1 is 1.09 bits per heavy atom. The van der Waals surface area contributed by atoms with Crippen molar-refractivity contribution in [3.8, 4) is 5.75 Å². The van der Waals surface area contributed by atoms with Gasteiger partial charge in [-0.1, -0.05) is 18.6 Å². The Hall–Kier alpha value is -0.480. The molecule has 2 rings (SSSR count). The van der Waals surface area contributed by atoms with Crippen molar-refractivity contribution in [2.75, 3.05) is 33.3 Å². The van der Waals surface area contributed by atoms with Crippen LogP contribution < -0.4 is 10.1 Å². The maximum absolute atomic E-state index is 5.84. The minimum atomic E-state index is 0. The zero-order chi connectivity index (χ0) is 14.9. The lowest BCUT2D eigenvalue weighted by molar-refractivity contribution is 0.205. The standard InChI is InChI=1S/C18H30N2O.2ClH/c1-16(19-2)15-17-7-9-18(10-8-17)21-14-6-13-20-11-4-3-5-12-20;;/h7-10,16,19H,3-6,11-15H2,1-2H3;2*1H. The first-order chi connectivity index (χ1) is 10.3. The summed E-state index contributed by atoms with van der Waals surface area (Å²) in [4.78, 5) is 2.56. The Labute approximate surface area is 154 Å². The molecule has 1 aromatic carbocycles. The van der Waals surface area contributed by atoms with Gasteiger partial charge in [0.25, 0.3) is 0 Å². The summed E-state index contributed by atoms with van der Waals surface area (Å²) in [7, 11) is 2.00. The Kier molecular flexibility index (Phi) is 12.6. The number of nitrogens with zero attached hydrogens (tertiary/aromatic N) is 1. The van der Waals surface area contributed by atoms with Gasteiger partial charge >= 0.3 is 0 Å². The van der Waals surface area contributed by atoms with Gasteiger partial charge in [-0.15, -0.1) is 24.8 Å². The van der Waals surface area contributed by atoms with Crippen LogP contribution in [0.25, 0.3) is 0 Å². The van der Waals surface area contributed by atoms with Gasteiger partial charge in [-0.3, -0.25) is 0 Å². The van der Waals surface area contributed by atoms with Gasteiger partial charge in [0.05, 0.1) is 6.61 Å². The molecule has 0 aromatic heterocycles. The van der Waals surface area contributed by atoms with Crippen LogP contribution in [0.3, 0.4) is 0 Å². The zero-order valence-corrected chi connectivity index (χ0v) is 16.1. The molecule has 0 bridgehead atoms. The van der Waals surface area contributed by atoms with Gasteiger partial charge in [-0.25, -0.2) is 0 Å². The van der Waals surface area contributed by atoms with E-state index < -0.39 is 0 Å². The molecule has 3 nitrogen and oxygen atoms in total. The molecule has 0 amide bonds. The molecular weight excluding hydrogens is 331 g/mol. The molecule has 1 heterocycles. The fourth-order valence-corrected chi connectivity index (χ4v) is 2.84. The zero-order valence-electron chi connectivity index (χ0n) is 14.4. The van der Waals surface area contributed by atoms with E-state index in [2.05, 4.69) is 41.4 Å². The van der Waals surface area contributed by atoms with Crippen molar-refractivity contribution in [3.05, 3.63) is 29.8 Å². The highest BCUT2D eigenvalue weighted by atomic mass is 35.5. The number of rotatable bonds is 8. The average molecular weight is 363 g/mol. The summed E-state index contributed by atoms with van der Waals surface area (Å²) in [6.45, 7) is 6.75. The Morgan fingerprint density at radius 2 is 1.74 bits per heavy atom. The van der Waals surface area contributed by atoms with Crippen LogP contribution in [0.1, 0.15) is 38.2 Å². The molecule has 1 fully saturated rings. The molecule has 23 heavy (non-hydrogen) atoms. The van der Waals surface area contributed by atoms with E-state index in [4.69, 9.17) is 4.74 Å². The lowest BCUT2D eigenvalue weighted by atomic mass is 10.1. The largest absolute Gasteiger partial charge is 0.494 e. The van der Waals surface area contributed by atoms with Crippen LogP contribution in [-0.4, -0.2) is 44.2 Å². The van der Waals surface area contributed by atoms with Crippen LogP contribution in [0.2, 0.25) is 0 Å². The second-order valence-corrected chi connectivity index (χ2v) is 6.14. The normalized spacial score (nSPS) is 16.1. The van der Waals surface area contributed by atoms with Crippen molar-refractivity contribution in [2.24, 2.45) is 0 Å². The minimum absolute atomic E-state index is 0. The van der Waals surface area contributed by atoms with Gasteiger partial charge in [0.1, 0.15) is 5.75 Å². The first-order valence-corrected chi connectivity index (χ1v) is 8.39. The van der Waals surface area contributed by atoms with E-state index in [1.807, 2.05) is 7.05 Å². The molecule has 0 aliphatic carbocycles. The maximum Gasteiger partial charge on any atom is 0.119 e. The summed E-state index contributed by atoms with van der Waals surface area (Å²) in [5, 5.41) is 3.27. The summed E-state index contributed by atoms with van der Waals surface area (Å²) >= 11 is 0. The van der Waals surface area contributed by atoms with Crippen LogP contribution in [0.4, 0.5) is 0 Å². The van der Waals surface area contributed by atoms with Gasteiger partial charge in [-0.2, -0.15) is 0 Å². The molecule has 1 N–H and O–H groups in total. The molecule has 1 aliphatic rings.